The third kappa shape index (κ3) is 2.66. The Bertz CT molecular complexity index is 348. The molecule has 1 aliphatic rings. The molecule has 3 nitrogen and oxygen atoms in total. The van der Waals surface area contributed by atoms with Gasteiger partial charge in [-0.15, -0.1) is 11.6 Å². The molecular formula is C11H15BrClN3. The average molecular weight is 305 g/mol. The lowest BCUT2D eigenvalue weighted by molar-refractivity contribution is 0.614. The van der Waals surface area contributed by atoms with Crippen molar-refractivity contribution in [2.75, 3.05) is 17.3 Å². The fraction of sp³-hybridized carbons (Fsp3) is 0.636. The lowest BCUT2D eigenvalue weighted by Crippen LogP contribution is -2.37. The number of halogens is 2. The zero-order chi connectivity index (χ0) is 11.4. The Morgan fingerprint density at radius 3 is 3.06 bits per heavy atom. The van der Waals surface area contributed by atoms with Gasteiger partial charge in [0.2, 0.25) is 0 Å². The van der Waals surface area contributed by atoms with E-state index >= 15 is 0 Å². The second kappa shape index (κ2) is 5.82. The summed E-state index contributed by atoms with van der Waals surface area (Å²) in [5.41, 5.74) is 0. The summed E-state index contributed by atoms with van der Waals surface area (Å²) < 4.78 is 0.951. The van der Waals surface area contributed by atoms with E-state index < -0.39 is 0 Å². The van der Waals surface area contributed by atoms with E-state index in [2.05, 4.69) is 30.8 Å². The minimum absolute atomic E-state index is 0.398. The molecule has 2 rings (SSSR count). The minimum Gasteiger partial charge on any atom is -0.351 e. The summed E-state index contributed by atoms with van der Waals surface area (Å²) in [7, 11) is 0. The Labute approximate surface area is 109 Å². The van der Waals surface area contributed by atoms with Crippen LogP contribution in [0.1, 0.15) is 25.7 Å². The van der Waals surface area contributed by atoms with Crippen molar-refractivity contribution >= 4 is 33.3 Å². The van der Waals surface area contributed by atoms with Gasteiger partial charge >= 0.3 is 0 Å². The maximum Gasteiger partial charge on any atom is 0.146 e. The van der Waals surface area contributed by atoms with Crippen molar-refractivity contribution in [1.29, 1.82) is 0 Å². The quantitative estimate of drug-likeness (QED) is 0.786. The zero-order valence-electron chi connectivity index (χ0n) is 9.07. The number of anilines is 1. The van der Waals surface area contributed by atoms with Gasteiger partial charge in [-0.05, 0) is 28.8 Å². The monoisotopic (exact) mass is 303 g/mol. The van der Waals surface area contributed by atoms with Crippen molar-refractivity contribution in [3.05, 3.63) is 17.0 Å². The highest BCUT2D eigenvalue weighted by atomic mass is 79.9. The van der Waals surface area contributed by atoms with E-state index in [1.54, 1.807) is 12.5 Å². The van der Waals surface area contributed by atoms with Gasteiger partial charge in [0.1, 0.15) is 12.1 Å². The summed E-state index contributed by atoms with van der Waals surface area (Å²) in [5.74, 6) is 1.64. The van der Waals surface area contributed by atoms with Crippen LogP contribution in [0.3, 0.4) is 0 Å². The molecule has 1 atom stereocenters. The van der Waals surface area contributed by atoms with Crippen LogP contribution in [-0.2, 0) is 0 Å². The summed E-state index contributed by atoms with van der Waals surface area (Å²) >= 11 is 9.55. The Balaban J connectivity index is 2.25. The second-order valence-electron chi connectivity index (χ2n) is 4.05. The first kappa shape index (κ1) is 12.1. The van der Waals surface area contributed by atoms with Gasteiger partial charge in [-0.25, -0.2) is 9.97 Å². The number of nitrogens with zero attached hydrogens (tertiary/aromatic N) is 3. The van der Waals surface area contributed by atoms with E-state index in [-0.39, 0.29) is 0 Å². The van der Waals surface area contributed by atoms with Gasteiger partial charge in [0.25, 0.3) is 0 Å². The van der Waals surface area contributed by atoms with Crippen molar-refractivity contribution in [1.82, 2.24) is 9.97 Å². The first-order valence-electron chi connectivity index (χ1n) is 5.61. The molecule has 0 bridgehead atoms. The summed E-state index contributed by atoms with van der Waals surface area (Å²) in [4.78, 5) is 10.7. The molecule has 0 saturated carbocycles. The normalized spacial score (nSPS) is 21.9. The zero-order valence-corrected chi connectivity index (χ0v) is 11.4. The Kier molecular flexibility index (Phi) is 4.41. The van der Waals surface area contributed by atoms with Gasteiger partial charge in [-0.2, -0.15) is 0 Å². The number of rotatable bonds is 2. The molecule has 0 N–H and O–H groups in total. The van der Waals surface area contributed by atoms with Gasteiger partial charge < -0.3 is 4.90 Å². The largest absolute Gasteiger partial charge is 0.351 e. The van der Waals surface area contributed by atoms with Crippen molar-refractivity contribution in [2.45, 2.75) is 31.7 Å². The molecule has 0 amide bonds. The van der Waals surface area contributed by atoms with Crippen LogP contribution >= 0.6 is 27.5 Å². The molecule has 0 aliphatic carbocycles. The molecule has 1 aromatic rings. The topological polar surface area (TPSA) is 29.0 Å². The van der Waals surface area contributed by atoms with E-state index in [9.17, 15) is 0 Å². The van der Waals surface area contributed by atoms with Gasteiger partial charge in [-0.3, -0.25) is 0 Å². The molecule has 1 saturated heterocycles. The first-order valence-corrected chi connectivity index (χ1v) is 6.94. The van der Waals surface area contributed by atoms with Crippen LogP contribution in [0.25, 0.3) is 0 Å². The maximum absolute atomic E-state index is 6.05. The summed E-state index contributed by atoms with van der Waals surface area (Å²) in [5, 5.41) is 0. The molecule has 0 aromatic carbocycles. The first-order chi connectivity index (χ1) is 7.83. The molecule has 1 unspecified atom stereocenters. The van der Waals surface area contributed by atoms with Crippen molar-refractivity contribution in [3.8, 4) is 0 Å². The number of alkyl halides is 1. The summed E-state index contributed by atoms with van der Waals surface area (Å²) in [6.07, 6.45) is 8.29. The van der Waals surface area contributed by atoms with Crippen LogP contribution in [-0.4, -0.2) is 28.4 Å². The van der Waals surface area contributed by atoms with Gasteiger partial charge in [0.05, 0.1) is 4.47 Å². The highest BCUT2D eigenvalue weighted by Crippen LogP contribution is 2.28. The van der Waals surface area contributed by atoms with Crippen LogP contribution in [0.4, 0.5) is 5.82 Å². The Morgan fingerprint density at radius 1 is 1.44 bits per heavy atom. The highest BCUT2D eigenvalue weighted by Gasteiger charge is 2.22. The van der Waals surface area contributed by atoms with E-state index in [1.807, 2.05) is 0 Å². The van der Waals surface area contributed by atoms with Crippen LogP contribution in [0.2, 0.25) is 0 Å². The smallest absolute Gasteiger partial charge is 0.146 e. The molecule has 5 heteroatoms. The number of aromatic nitrogens is 2. The highest BCUT2D eigenvalue weighted by molar-refractivity contribution is 9.10. The number of hydrogen-bond acceptors (Lipinski definition) is 3. The molecule has 16 heavy (non-hydrogen) atoms. The fourth-order valence-corrected chi connectivity index (χ4v) is 2.90. The molecule has 1 aliphatic heterocycles. The Morgan fingerprint density at radius 2 is 2.31 bits per heavy atom. The van der Waals surface area contributed by atoms with Crippen LogP contribution < -0.4 is 4.90 Å². The van der Waals surface area contributed by atoms with Gasteiger partial charge in [-0.1, -0.05) is 12.8 Å². The van der Waals surface area contributed by atoms with Gasteiger partial charge in [0, 0.05) is 24.7 Å². The summed E-state index contributed by atoms with van der Waals surface area (Å²) in [6, 6.07) is 0.398. The SMILES string of the molecule is ClCC1CCCCCN1c1ncncc1Br. The van der Waals surface area contributed by atoms with Crippen LogP contribution in [0, 0.1) is 0 Å². The third-order valence-electron chi connectivity index (χ3n) is 2.98. The maximum atomic E-state index is 6.05. The standard InChI is InChI=1S/C11H15BrClN3/c12-10-7-14-8-15-11(10)16-5-3-1-2-4-9(16)6-13/h7-9H,1-6H2. The molecule has 0 spiro atoms. The van der Waals surface area contributed by atoms with E-state index in [4.69, 9.17) is 11.6 Å². The van der Waals surface area contributed by atoms with E-state index in [1.165, 1.54) is 19.3 Å². The second-order valence-corrected chi connectivity index (χ2v) is 5.21. The third-order valence-corrected chi connectivity index (χ3v) is 3.89. The Hall–Kier alpha value is -0.350. The predicted octanol–water partition coefficient (Wildman–Crippen LogP) is 3.23. The number of hydrogen-bond donors (Lipinski definition) is 0. The fourth-order valence-electron chi connectivity index (χ4n) is 2.13. The average Bonchev–Trinajstić information content (AvgIpc) is 2.54. The molecule has 88 valence electrons. The molecule has 1 fully saturated rings. The molecular weight excluding hydrogens is 289 g/mol. The van der Waals surface area contributed by atoms with Gasteiger partial charge in [0.15, 0.2) is 0 Å². The van der Waals surface area contributed by atoms with Crippen molar-refractivity contribution in [2.24, 2.45) is 0 Å². The van der Waals surface area contributed by atoms with E-state index in [0.29, 0.717) is 11.9 Å². The summed E-state index contributed by atoms with van der Waals surface area (Å²) in [6.45, 7) is 1.03. The van der Waals surface area contributed by atoms with Crippen LogP contribution in [0.15, 0.2) is 17.0 Å². The lowest BCUT2D eigenvalue weighted by atomic mass is 10.1. The predicted molar refractivity (Wildman–Crippen MR) is 70.1 cm³/mol. The minimum atomic E-state index is 0.398. The molecule has 0 radical (unpaired) electrons. The lowest BCUT2D eigenvalue weighted by Gasteiger charge is -2.30. The van der Waals surface area contributed by atoms with E-state index in [0.717, 1.165) is 23.3 Å². The van der Waals surface area contributed by atoms with Crippen LogP contribution in [0.5, 0.6) is 0 Å². The van der Waals surface area contributed by atoms with Crippen molar-refractivity contribution < 1.29 is 0 Å². The molecule has 1 aromatic heterocycles. The van der Waals surface area contributed by atoms with Crippen molar-refractivity contribution in [3.63, 3.8) is 0 Å². The molecule has 2 heterocycles.